The maximum absolute atomic E-state index is 12.2. The standard InChI is InChI=1S/C11H13N3O4S/c1-14(6-2-5-12)19(17,18)10-4-3-8(13)7-9(10)11(15)16/h3-4,7H,2,6,13H2,1H3,(H,15,16). The van der Waals surface area contributed by atoms with Crippen LogP contribution in [0.25, 0.3) is 0 Å². The minimum Gasteiger partial charge on any atom is -0.478 e. The lowest BCUT2D eigenvalue weighted by Crippen LogP contribution is -2.29. The van der Waals surface area contributed by atoms with E-state index < -0.39 is 16.0 Å². The molecule has 0 aromatic heterocycles. The molecule has 0 amide bonds. The van der Waals surface area contributed by atoms with Crippen LogP contribution in [0.2, 0.25) is 0 Å². The van der Waals surface area contributed by atoms with Crippen LogP contribution in [0.4, 0.5) is 5.69 Å². The van der Waals surface area contributed by atoms with Crippen LogP contribution in [0.15, 0.2) is 23.1 Å². The van der Waals surface area contributed by atoms with Crippen molar-refractivity contribution in [1.29, 1.82) is 5.26 Å². The Labute approximate surface area is 110 Å². The average Bonchev–Trinajstić information content (AvgIpc) is 2.35. The van der Waals surface area contributed by atoms with Crippen molar-refractivity contribution in [3.63, 3.8) is 0 Å². The van der Waals surface area contributed by atoms with Gasteiger partial charge in [-0.05, 0) is 18.2 Å². The first-order chi connectivity index (χ1) is 8.80. The lowest BCUT2D eigenvalue weighted by molar-refractivity contribution is 0.0692. The zero-order valence-corrected chi connectivity index (χ0v) is 11.0. The van der Waals surface area contributed by atoms with Crippen LogP contribution in [0.5, 0.6) is 0 Å². The van der Waals surface area contributed by atoms with E-state index in [1.165, 1.54) is 13.1 Å². The van der Waals surface area contributed by atoms with Crippen LogP contribution < -0.4 is 5.73 Å². The van der Waals surface area contributed by atoms with Gasteiger partial charge in [-0.15, -0.1) is 0 Å². The van der Waals surface area contributed by atoms with Crippen molar-refractivity contribution in [2.45, 2.75) is 11.3 Å². The summed E-state index contributed by atoms with van der Waals surface area (Å²) < 4.78 is 25.3. The van der Waals surface area contributed by atoms with Crippen molar-refractivity contribution < 1.29 is 18.3 Å². The van der Waals surface area contributed by atoms with Gasteiger partial charge in [0.1, 0.15) is 0 Å². The van der Waals surface area contributed by atoms with Crippen molar-refractivity contribution in [2.75, 3.05) is 19.3 Å². The second-order valence-corrected chi connectivity index (χ2v) is 5.81. The van der Waals surface area contributed by atoms with Gasteiger partial charge in [0.25, 0.3) is 0 Å². The summed E-state index contributed by atoms with van der Waals surface area (Å²) in [6, 6.07) is 5.38. The van der Waals surface area contributed by atoms with E-state index in [2.05, 4.69) is 0 Å². The molecule has 1 aromatic carbocycles. The van der Waals surface area contributed by atoms with Gasteiger partial charge in [-0.1, -0.05) is 0 Å². The fraction of sp³-hybridized carbons (Fsp3) is 0.273. The van der Waals surface area contributed by atoms with Gasteiger partial charge in [-0.2, -0.15) is 9.57 Å². The van der Waals surface area contributed by atoms with E-state index in [-0.39, 0.29) is 29.1 Å². The molecule has 0 saturated heterocycles. The van der Waals surface area contributed by atoms with Crippen LogP contribution in [-0.4, -0.2) is 37.4 Å². The van der Waals surface area contributed by atoms with Gasteiger partial charge in [0.2, 0.25) is 10.0 Å². The molecule has 0 bridgehead atoms. The second kappa shape index (κ2) is 5.69. The van der Waals surface area contributed by atoms with Gasteiger partial charge in [0.05, 0.1) is 16.5 Å². The zero-order chi connectivity index (χ0) is 14.6. The fourth-order valence-electron chi connectivity index (χ4n) is 1.44. The maximum Gasteiger partial charge on any atom is 0.337 e. The number of nitrogen functional groups attached to an aromatic ring is 1. The highest BCUT2D eigenvalue weighted by Crippen LogP contribution is 2.22. The topological polar surface area (TPSA) is 124 Å². The van der Waals surface area contributed by atoms with Crippen molar-refractivity contribution >= 4 is 21.7 Å². The van der Waals surface area contributed by atoms with E-state index in [9.17, 15) is 13.2 Å². The van der Waals surface area contributed by atoms with Gasteiger partial charge in [0.15, 0.2) is 0 Å². The summed E-state index contributed by atoms with van der Waals surface area (Å²) in [5, 5.41) is 17.5. The number of rotatable bonds is 5. The number of nitrogens with zero attached hydrogens (tertiary/aromatic N) is 2. The number of sulfonamides is 1. The Morgan fingerprint density at radius 3 is 2.68 bits per heavy atom. The van der Waals surface area contributed by atoms with E-state index in [0.29, 0.717) is 0 Å². The number of hydrogen-bond acceptors (Lipinski definition) is 5. The second-order valence-electron chi connectivity index (χ2n) is 3.80. The summed E-state index contributed by atoms with van der Waals surface area (Å²) in [4.78, 5) is 10.7. The highest BCUT2D eigenvalue weighted by molar-refractivity contribution is 7.89. The monoisotopic (exact) mass is 283 g/mol. The first-order valence-electron chi connectivity index (χ1n) is 5.27. The Bertz CT molecular complexity index is 634. The summed E-state index contributed by atoms with van der Waals surface area (Å²) in [5.74, 6) is -1.38. The zero-order valence-electron chi connectivity index (χ0n) is 10.2. The van der Waals surface area contributed by atoms with E-state index in [4.69, 9.17) is 16.1 Å². The summed E-state index contributed by atoms with van der Waals surface area (Å²) in [6.45, 7) is -0.0116. The van der Waals surface area contributed by atoms with Crippen LogP contribution in [0.3, 0.4) is 0 Å². The molecule has 0 radical (unpaired) electrons. The number of carbonyl (C=O) groups is 1. The molecule has 0 aliphatic heterocycles. The van der Waals surface area contributed by atoms with Gasteiger partial charge in [-0.3, -0.25) is 0 Å². The SMILES string of the molecule is CN(CCC#N)S(=O)(=O)c1ccc(N)cc1C(=O)O. The highest BCUT2D eigenvalue weighted by atomic mass is 32.2. The molecule has 0 heterocycles. The summed E-state index contributed by atoms with van der Waals surface area (Å²) in [6.07, 6.45) is 0.0209. The highest BCUT2D eigenvalue weighted by Gasteiger charge is 2.26. The summed E-state index contributed by atoms with van der Waals surface area (Å²) >= 11 is 0. The number of anilines is 1. The van der Waals surface area contributed by atoms with Crippen molar-refractivity contribution in [1.82, 2.24) is 4.31 Å². The van der Waals surface area contributed by atoms with Gasteiger partial charge in [0, 0.05) is 25.7 Å². The molecule has 0 atom stereocenters. The Morgan fingerprint density at radius 2 is 2.16 bits per heavy atom. The average molecular weight is 283 g/mol. The first kappa shape index (κ1) is 14.9. The van der Waals surface area contributed by atoms with Crippen molar-refractivity contribution in [2.24, 2.45) is 0 Å². The Balaban J connectivity index is 3.29. The van der Waals surface area contributed by atoms with Gasteiger partial charge < -0.3 is 10.8 Å². The molecule has 3 N–H and O–H groups in total. The third-order valence-corrected chi connectivity index (χ3v) is 4.38. The predicted molar refractivity (Wildman–Crippen MR) is 67.9 cm³/mol. The molecule has 0 fully saturated rings. The minimum atomic E-state index is -3.96. The minimum absolute atomic E-state index is 0.0116. The molecule has 8 heteroatoms. The third-order valence-electron chi connectivity index (χ3n) is 2.46. The summed E-state index contributed by atoms with van der Waals surface area (Å²) in [7, 11) is -2.67. The molecule has 102 valence electrons. The number of hydrogen-bond donors (Lipinski definition) is 2. The van der Waals surface area contributed by atoms with E-state index >= 15 is 0 Å². The predicted octanol–water partition coefficient (Wildman–Crippen LogP) is 0.501. The van der Waals surface area contributed by atoms with Crippen LogP contribution in [-0.2, 0) is 10.0 Å². The molecule has 19 heavy (non-hydrogen) atoms. The maximum atomic E-state index is 12.2. The molecule has 1 rings (SSSR count). The molecule has 0 aliphatic rings. The molecule has 0 spiro atoms. The molecular weight excluding hydrogens is 270 g/mol. The smallest absolute Gasteiger partial charge is 0.337 e. The molecular formula is C11H13N3O4S. The third kappa shape index (κ3) is 3.21. The van der Waals surface area contributed by atoms with E-state index in [0.717, 1.165) is 16.4 Å². The van der Waals surface area contributed by atoms with Crippen molar-refractivity contribution in [3.8, 4) is 6.07 Å². The Kier molecular flexibility index (Phi) is 4.47. The van der Waals surface area contributed by atoms with Crippen molar-refractivity contribution in [3.05, 3.63) is 23.8 Å². The van der Waals surface area contributed by atoms with E-state index in [1.54, 1.807) is 0 Å². The largest absolute Gasteiger partial charge is 0.478 e. The van der Waals surface area contributed by atoms with Crippen LogP contribution in [0.1, 0.15) is 16.8 Å². The molecule has 0 unspecified atom stereocenters. The molecule has 0 saturated carbocycles. The van der Waals surface area contributed by atoms with Crippen LogP contribution in [0, 0.1) is 11.3 Å². The molecule has 7 nitrogen and oxygen atoms in total. The van der Waals surface area contributed by atoms with Gasteiger partial charge in [-0.25, -0.2) is 13.2 Å². The first-order valence-corrected chi connectivity index (χ1v) is 6.71. The Hall–Kier alpha value is -2.11. The Morgan fingerprint density at radius 1 is 1.53 bits per heavy atom. The van der Waals surface area contributed by atoms with E-state index in [1.807, 2.05) is 6.07 Å². The number of benzene rings is 1. The lowest BCUT2D eigenvalue weighted by Gasteiger charge is -2.17. The lowest BCUT2D eigenvalue weighted by atomic mass is 10.2. The number of nitrogens with two attached hydrogens (primary N) is 1. The number of nitriles is 1. The fourth-order valence-corrected chi connectivity index (χ4v) is 2.77. The van der Waals surface area contributed by atoms with Crippen LogP contribution >= 0.6 is 0 Å². The summed E-state index contributed by atoms with van der Waals surface area (Å²) in [5.41, 5.74) is 5.23. The number of carboxylic acid groups (broad SMARTS) is 1. The number of aromatic carboxylic acids is 1. The molecule has 0 aliphatic carbocycles. The number of carboxylic acids is 1. The normalized spacial score (nSPS) is 11.2. The molecule has 1 aromatic rings. The van der Waals surface area contributed by atoms with Gasteiger partial charge >= 0.3 is 5.97 Å². The quantitative estimate of drug-likeness (QED) is 0.758.